The number of fused-ring (bicyclic) bond motifs is 1. The first-order valence-corrected chi connectivity index (χ1v) is 9.38. The van der Waals surface area contributed by atoms with Crippen molar-refractivity contribution < 1.29 is 28.2 Å². The molecule has 2 N–H and O–H groups in total. The molecule has 1 heterocycles. The number of primary amides is 1. The number of rotatable bonds is 7. The van der Waals surface area contributed by atoms with Gasteiger partial charge in [0, 0.05) is 11.5 Å². The van der Waals surface area contributed by atoms with Crippen LogP contribution in [0.4, 0.5) is 0 Å². The third-order valence-electron chi connectivity index (χ3n) is 4.32. The van der Waals surface area contributed by atoms with Crippen LogP contribution in [0.25, 0.3) is 17.0 Å². The second kappa shape index (κ2) is 9.49. The fourth-order valence-corrected chi connectivity index (χ4v) is 2.84. The van der Waals surface area contributed by atoms with Crippen molar-refractivity contribution in [3.8, 4) is 23.3 Å². The molecule has 3 rings (SSSR count). The summed E-state index contributed by atoms with van der Waals surface area (Å²) in [5.74, 6) is -0.791. The van der Waals surface area contributed by atoms with E-state index in [4.69, 9.17) is 24.4 Å². The number of methoxy groups -OCH3 is 1. The van der Waals surface area contributed by atoms with Gasteiger partial charge in [0.2, 0.25) is 0 Å². The van der Waals surface area contributed by atoms with Gasteiger partial charge in [0.25, 0.3) is 5.91 Å². The predicted molar refractivity (Wildman–Crippen MR) is 114 cm³/mol. The molecule has 0 saturated carbocycles. The van der Waals surface area contributed by atoms with Crippen molar-refractivity contribution in [3.05, 3.63) is 69.6 Å². The van der Waals surface area contributed by atoms with E-state index < -0.39 is 17.5 Å². The van der Waals surface area contributed by atoms with E-state index in [9.17, 15) is 19.6 Å². The minimum Gasteiger partial charge on any atom is -0.493 e. The van der Waals surface area contributed by atoms with Crippen LogP contribution >= 0.6 is 0 Å². The monoisotopic (exact) mass is 434 g/mol. The molecule has 0 unspecified atom stereocenters. The molecule has 0 spiro atoms. The number of nitrogens with zero attached hydrogens (tertiary/aromatic N) is 1. The highest BCUT2D eigenvalue weighted by Crippen LogP contribution is 2.29. The molecule has 2 aromatic carbocycles. The average Bonchev–Trinajstić information content (AvgIpc) is 2.77. The Morgan fingerprint density at radius 3 is 2.59 bits per heavy atom. The summed E-state index contributed by atoms with van der Waals surface area (Å²) in [5.41, 5.74) is 4.29. The quantitative estimate of drug-likeness (QED) is 0.197. The molecule has 162 valence electrons. The Morgan fingerprint density at radius 2 is 1.94 bits per heavy atom. The van der Waals surface area contributed by atoms with E-state index in [2.05, 4.69) is 0 Å². The molecular weight excluding hydrogens is 416 g/mol. The summed E-state index contributed by atoms with van der Waals surface area (Å²) in [6, 6.07) is 12.3. The molecule has 3 aromatic rings. The van der Waals surface area contributed by atoms with Crippen molar-refractivity contribution in [1.82, 2.24) is 0 Å². The summed E-state index contributed by atoms with van der Waals surface area (Å²) in [7, 11) is 1.48. The number of ether oxygens (including phenoxy) is 3. The van der Waals surface area contributed by atoms with Crippen molar-refractivity contribution in [1.29, 1.82) is 5.26 Å². The lowest BCUT2D eigenvalue weighted by Gasteiger charge is -2.10. The van der Waals surface area contributed by atoms with E-state index in [0.29, 0.717) is 29.1 Å². The standard InChI is InChI=1S/C23H18N2O7/c1-3-30-18-7-4-13(9-20(18)29-2)8-15(12-24)22(27)31-16-6-5-14-10-17(21(25)26)23(28)32-19(14)11-16/h4-11H,3H2,1-2H3,(H2,25,26)/b15-8+. The van der Waals surface area contributed by atoms with Crippen molar-refractivity contribution >= 4 is 28.9 Å². The Kier molecular flexibility index (Phi) is 6.56. The van der Waals surface area contributed by atoms with E-state index in [-0.39, 0.29) is 22.5 Å². The SMILES string of the molecule is CCOc1ccc(/C=C(\C#N)C(=O)Oc2ccc3cc(C(N)=O)c(=O)oc3c2)cc1OC. The maximum Gasteiger partial charge on any atom is 0.354 e. The van der Waals surface area contributed by atoms with Crippen LogP contribution in [0.1, 0.15) is 22.8 Å². The van der Waals surface area contributed by atoms with Gasteiger partial charge in [-0.05, 0) is 48.9 Å². The molecule has 0 bridgehead atoms. The molecule has 32 heavy (non-hydrogen) atoms. The van der Waals surface area contributed by atoms with Crippen LogP contribution in [0.5, 0.6) is 17.2 Å². The van der Waals surface area contributed by atoms with Gasteiger partial charge in [-0.25, -0.2) is 9.59 Å². The van der Waals surface area contributed by atoms with Crippen LogP contribution in [0.15, 0.2) is 57.2 Å². The number of nitriles is 1. The zero-order valence-corrected chi connectivity index (χ0v) is 17.2. The van der Waals surface area contributed by atoms with Crippen molar-refractivity contribution in [2.75, 3.05) is 13.7 Å². The first-order valence-electron chi connectivity index (χ1n) is 9.38. The molecule has 0 aliphatic carbocycles. The molecule has 0 atom stereocenters. The second-order valence-electron chi connectivity index (χ2n) is 6.41. The number of nitrogens with two attached hydrogens (primary N) is 1. The Morgan fingerprint density at radius 1 is 1.16 bits per heavy atom. The number of benzene rings is 2. The first-order chi connectivity index (χ1) is 15.4. The molecule has 9 nitrogen and oxygen atoms in total. The molecular formula is C23H18N2O7. The fraction of sp³-hybridized carbons (Fsp3) is 0.130. The summed E-state index contributed by atoms with van der Waals surface area (Å²) < 4.78 is 21.0. The second-order valence-corrected chi connectivity index (χ2v) is 6.41. The summed E-state index contributed by atoms with van der Waals surface area (Å²) in [6.07, 6.45) is 1.35. The highest BCUT2D eigenvalue weighted by atomic mass is 16.5. The van der Waals surface area contributed by atoms with Gasteiger partial charge in [-0.2, -0.15) is 5.26 Å². The molecule has 0 radical (unpaired) electrons. The Bertz CT molecular complexity index is 1330. The molecule has 1 amide bonds. The molecule has 1 aromatic heterocycles. The van der Waals surface area contributed by atoms with Crippen LogP contribution in [0.2, 0.25) is 0 Å². The molecule has 9 heteroatoms. The smallest absolute Gasteiger partial charge is 0.354 e. The third-order valence-corrected chi connectivity index (χ3v) is 4.32. The average molecular weight is 434 g/mol. The van der Waals surface area contributed by atoms with Crippen LogP contribution in [-0.4, -0.2) is 25.6 Å². The van der Waals surface area contributed by atoms with E-state index in [1.807, 2.05) is 6.92 Å². The third kappa shape index (κ3) is 4.76. The van der Waals surface area contributed by atoms with Gasteiger partial charge in [0.1, 0.15) is 28.5 Å². The zero-order chi connectivity index (χ0) is 23.3. The summed E-state index contributed by atoms with van der Waals surface area (Å²) in [6.45, 7) is 2.29. The Balaban J connectivity index is 1.87. The minimum atomic E-state index is -0.911. The molecule has 0 aliphatic heterocycles. The fourth-order valence-electron chi connectivity index (χ4n) is 2.84. The lowest BCUT2D eigenvalue weighted by Crippen LogP contribution is -2.20. The predicted octanol–water partition coefficient (Wildman–Crippen LogP) is 2.81. The van der Waals surface area contributed by atoms with E-state index in [1.54, 1.807) is 24.3 Å². The minimum absolute atomic E-state index is 0.0444. The normalized spacial score (nSPS) is 11.0. The van der Waals surface area contributed by atoms with E-state index in [1.165, 1.54) is 37.5 Å². The molecule has 0 fully saturated rings. The van der Waals surface area contributed by atoms with Gasteiger partial charge in [-0.15, -0.1) is 0 Å². The number of amides is 1. The summed E-state index contributed by atoms with van der Waals surface area (Å²) in [4.78, 5) is 35.6. The van der Waals surface area contributed by atoms with Crippen LogP contribution in [-0.2, 0) is 4.79 Å². The maximum atomic E-state index is 12.5. The number of hydrogen-bond donors (Lipinski definition) is 1. The van der Waals surface area contributed by atoms with Gasteiger partial charge >= 0.3 is 11.6 Å². The van der Waals surface area contributed by atoms with Gasteiger partial charge in [-0.1, -0.05) is 6.07 Å². The van der Waals surface area contributed by atoms with Crippen molar-refractivity contribution in [3.63, 3.8) is 0 Å². The van der Waals surface area contributed by atoms with E-state index >= 15 is 0 Å². The Labute approximate surface area is 182 Å². The van der Waals surface area contributed by atoms with Crippen LogP contribution < -0.4 is 25.6 Å². The molecule has 0 saturated heterocycles. The van der Waals surface area contributed by atoms with Gasteiger partial charge in [-0.3, -0.25) is 4.79 Å². The zero-order valence-electron chi connectivity index (χ0n) is 17.2. The number of esters is 1. The number of carbonyl (C=O) groups excluding carboxylic acids is 2. The van der Waals surface area contributed by atoms with Crippen LogP contribution in [0.3, 0.4) is 0 Å². The van der Waals surface area contributed by atoms with Gasteiger partial charge < -0.3 is 24.4 Å². The maximum absolute atomic E-state index is 12.5. The van der Waals surface area contributed by atoms with E-state index in [0.717, 1.165) is 0 Å². The van der Waals surface area contributed by atoms with Crippen molar-refractivity contribution in [2.24, 2.45) is 5.73 Å². The van der Waals surface area contributed by atoms with Crippen molar-refractivity contribution in [2.45, 2.75) is 6.92 Å². The van der Waals surface area contributed by atoms with Crippen LogP contribution in [0, 0.1) is 11.3 Å². The summed E-state index contributed by atoms with van der Waals surface area (Å²) >= 11 is 0. The van der Waals surface area contributed by atoms with Gasteiger partial charge in [0.15, 0.2) is 11.5 Å². The molecule has 0 aliphatic rings. The Hall–Kier alpha value is -4.58. The van der Waals surface area contributed by atoms with Gasteiger partial charge in [0.05, 0.1) is 13.7 Å². The lowest BCUT2D eigenvalue weighted by atomic mass is 10.1. The highest BCUT2D eigenvalue weighted by Gasteiger charge is 2.15. The highest BCUT2D eigenvalue weighted by molar-refractivity contribution is 5.99. The topological polar surface area (TPSA) is 142 Å². The number of carbonyl (C=O) groups is 2. The summed E-state index contributed by atoms with van der Waals surface area (Å²) in [5, 5.41) is 9.83. The largest absolute Gasteiger partial charge is 0.493 e. The lowest BCUT2D eigenvalue weighted by molar-refractivity contribution is -0.129. The first kappa shape index (κ1) is 22.1. The number of hydrogen-bond acceptors (Lipinski definition) is 8.